The molecule has 1 amide bonds. The highest BCUT2D eigenvalue weighted by Gasteiger charge is 2.19. The molecule has 1 unspecified atom stereocenters. The summed E-state index contributed by atoms with van der Waals surface area (Å²) in [5, 5.41) is 13.8. The van der Waals surface area contributed by atoms with Crippen LogP contribution >= 0.6 is 0 Å². The predicted octanol–water partition coefficient (Wildman–Crippen LogP) is 3.76. The number of phenolic OH excluding ortho intramolecular Hbond substituents is 1. The fourth-order valence-corrected chi connectivity index (χ4v) is 4.27. The van der Waals surface area contributed by atoms with Crippen molar-refractivity contribution in [3.63, 3.8) is 0 Å². The first-order chi connectivity index (χ1) is 13.7. The highest BCUT2D eigenvalue weighted by molar-refractivity contribution is 5.94. The number of nitrogens with zero attached hydrogens (tertiary/aromatic N) is 2. The van der Waals surface area contributed by atoms with Crippen molar-refractivity contribution in [1.82, 2.24) is 15.2 Å². The Labute approximate surface area is 166 Å². The summed E-state index contributed by atoms with van der Waals surface area (Å²) in [7, 11) is 0. The molecule has 0 saturated carbocycles. The van der Waals surface area contributed by atoms with Crippen LogP contribution in [0, 0.1) is 0 Å². The Morgan fingerprint density at radius 2 is 2.00 bits per heavy atom. The van der Waals surface area contributed by atoms with Gasteiger partial charge in [-0.1, -0.05) is 6.42 Å². The van der Waals surface area contributed by atoms with Crippen molar-refractivity contribution >= 4 is 5.91 Å². The molecular weight excluding hydrogens is 350 g/mol. The first kappa shape index (κ1) is 18.9. The standard InChI is InChI=1S/C23H29N3O2/c27-21-14-17(6-8-20-5-1-2-10-24-20)13-19(15-21)22-9-7-18(16-25-22)23(28)26-11-3-4-12-26/h7,9,13-16,20,24,27H,1-6,8,10-12H2. The Morgan fingerprint density at radius 3 is 2.71 bits per heavy atom. The van der Waals surface area contributed by atoms with Crippen molar-refractivity contribution in [3.05, 3.63) is 47.7 Å². The third-order valence-corrected chi connectivity index (χ3v) is 5.87. The Balaban J connectivity index is 1.45. The maximum Gasteiger partial charge on any atom is 0.255 e. The number of piperidine rings is 1. The van der Waals surface area contributed by atoms with Crippen LogP contribution in [0.2, 0.25) is 0 Å². The fraction of sp³-hybridized carbons (Fsp3) is 0.478. The topological polar surface area (TPSA) is 65.5 Å². The van der Waals surface area contributed by atoms with Gasteiger partial charge in [-0.05, 0) is 81.0 Å². The molecule has 5 heteroatoms. The molecule has 1 aromatic heterocycles. The minimum atomic E-state index is 0.0631. The van der Waals surface area contributed by atoms with E-state index in [4.69, 9.17) is 0 Å². The van der Waals surface area contributed by atoms with Crippen molar-refractivity contribution in [1.29, 1.82) is 0 Å². The van der Waals surface area contributed by atoms with Crippen molar-refractivity contribution in [3.8, 4) is 17.0 Å². The van der Waals surface area contributed by atoms with Crippen LogP contribution in [0.4, 0.5) is 0 Å². The minimum Gasteiger partial charge on any atom is -0.508 e. The maximum atomic E-state index is 12.5. The summed E-state index contributed by atoms with van der Waals surface area (Å²) in [4.78, 5) is 18.9. The van der Waals surface area contributed by atoms with Gasteiger partial charge in [0, 0.05) is 30.9 Å². The molecule has 2 aliphatic rings. The van der Waals surface area contributed by atoms with Crippen LogP contribution in [0.15, 0.2) is 36.5 Å². The number of hydrogen-bond donors (Lipinski definition) is 2. The molecule has 2 N–H and O–H groups in total. The molecular formula is C23H29N3O2. The number of aromatic hydroxyl groups is 1. The zero-order valence-corrected chi connectivity index (χ0v) is 16.4. The van der Waals surface area contributed by atoms with Crippen molar-refractivity contribution in [2.24, 2.45) is 0 Å². The van der Waals surface area contributed by atoms with Gasteiger partial charge in [0.1, 0.15) is 5.75 Å². The fourth-order valence-electron chi connectivity index (χ4n) is 4.27. The van der Waals surface area contributed by atoms with E-state index in [1.807, 2.05) is 23.1 Å². The van der Waals surface area contributed by atoms with E-state index in [0.29, 0.717) is 11.6 Å². The minimum absolute atomic E-state index is 0.0631. The quantitative estimate of drug-likeness (QED) is 0.830. The molecule has 2 saturated heterocycles. The summed E-state index contributed by atoms with van der Waals surface area (Å²) in [5.41, 5.74) is 3.44. The molecule has 28 heavy (non-hydrogen) atoms. The summed E-state index contributed by atoms with van der Waals surface area (Å²) in [6.07, 6.45) is 9.65. The Hall–Kier alpha value is -2.40. The molecule has 0 aliphatic carbocycles. The summed E-state index contributed by atoms with van der Waals surface area (Å²) in [6.45, 7) is 2.79. The Bertz CT molecular complexity index is 807. The highest BCUT2D eigenvalue weighted by Crippen LogP contribution is 2.26. The monoisotopic (exact) mass is 379 g/mol. The number of likely N-dealkylation sites (tertiary alicyclic amines) is 1. The number of carbonyl (C=O) groups excluding carboxylic acids is 1. The third-order valence-electron chi connectivity index (χ3n) is 5.87. The third kappa shape index (κ3) is 4.53. The second-order valence-corrected chi connectivity index (χ2v) is 8.01. The molecule has 0 spiro atoms. The SMILES string of the molecule is O=C(c1ccc(-c2cc(O)cc(CCC3CCCCN3)c2)nc1)N1CCCC1. The lowest BCUT2D eigenvalue weighted by molar-refractivity contribution is 0.0792. The number of rotatable bonds is 5. The number of benzene rings is 1. The number of hydrogen-bond acceptors (Lipinski definition) is 4. The van der Waals surface area contributed by atoms with Crippen LogP contribution in [-0.4, -0.2) is 46.6 Å². The van der Waals surface area contributed by atoms with Gasteiger partial charge < -0.3 is 15.3 Å². The van der Waals surface area contributed by atoms with Gasteiger partial charge in [-0.25, -0.2) is 0 Å². The first-order valence-corrected chi connectivity index (χ1v) is 10.5. The van der Waals surface area contributed by atoms with E-state index in [1.54, 1.807) is 12.3 Å². The van der Waals surface area contributed by atoms with E-state index in [-0.39, 0.29) is 11.7 Å². The smallest absolute Gasteiger partial charge is 0.255 e. The van der Waals surface area contributed by atoms with E-state index in [2.05, 4.69) is 16.4 Å². The van der Waals surface area contributed by atoms with E-state index in [0.717, 1.165) is 62.1 Å². The zero-order valence-electron chi connectivity index (χ0n) is 16.4. The predicted molar refractivity (Wildman–Crippen MR) is 110 cm³/mol. The van der Waals surface area contributed by atoms with Gasteiger partial charge in [0.05, 0.1) is 11.3 Å². The average molecular weight is 380 g/mol. The molecule has 1 atom stereocenters. The molecule has 2 aromatic rings. The van der Waals surface area contributed by atoms with Crippen LogP contribution in [0.5, 0.6) is 5.75 Å². The van der Waals surface area contributed by atoms with Gasteiger partial charge in [0.2, 0.25) is 0 Å². The van der Waals surface area contributed by atoms with Crippen LogP contribution < -0.4 is 5.32 Å². The van der Waals surface area contributed by atoms with Crippen LogP contribution in [0.1, 0.15) is 54.4 Å². The van der Waals surface area contributed by atoms with E-state index < -0.39 is 0 Å². The first-order valence-electron chi connectivity index (χ1n) is 10.5. The van der Waals surface area contributed by atoms with Gasteiger partial charge in [-0.2, -0.15) is 0 Å². The van der Waals surface area contributed by atoms with Crippen LogP contribution in [0.3, 0.4) is 0 Å². The summed E-state index contributed by atoms with van der Waals surface area (Å²) >= 11 is 0. The number of nitrogens with one attached hydrogen (secondary N) is 1. The second kappa shape index (κ2) is 8.74. The summed E-state index contributed by atoms with van der Waals surface area (Å²) < 4.78 is 0. The lowest BCUT2D eigenvalue weighted by Crippen LogP contribution is -2.34. The molecule has 148 valence electrons. The van der Waals surface area contributed by atoms with Gasteiger partial charge in [-0.15, -0.1) is 0 Å². The van der Waals surface area contributed by atoms with Gasteiger partial charge in [-0.3, -0.25) is 9.78 Å². The highest BCUT2D eigenvalue weighted by atomic mass is 16.3. The summed E-state index contributed by atoms with van der Waals surface area (Å²) in [6, 6.07) is 9.99. The average Bonchev–Trinajstić information content (AvgIpc) is 3.27. The van der Waals surface area contributed by atoms with Gasteiger partial charge in [0.25, 0.3) is 5.91 Å². The maximum absolute atomic E-state index is 12.5. The number of aryl methyl sites for hydroxylation is 1. The second-order valence-electron chi connectivity index (χ2n) is 8.01. The van der Waals surface area contributed by atoms with E-state index >= 15 is 0 Å². The molecule has 2 aliphatic heterocycles. The van der Waals surface area contributed by atoms with Crippen LogP contribution in [0.25, 0.3) is 11.3 Å². The molecule has 1 aromatic carbocycles. The zero-order chi connectivity index (χ0) is 19.3. The lowest BCUT2D eigenvalue weighted by Gasteiger charge is -2.23. The summed E-state index contributed by atoms with van der Waals surface area (Å²) in [5.74, 6) is 0.330. The largest absolute Gasteiger partial charge is 0.508 e. The molecule has 0 radical (unpaired) electrons. The molecule has 2 fully saturated rings. The Kier molecular flexibility index (Phi) is 5.91. The van der Waals surface area contributed by atoms with Gasteiger partial charge in [0.15, 0.2) is 0 Å². The van der Waals surface area contributed by atoms with Crippen molar-refractivity contribution < 1.29 is 9.90 Å². The number of amides is 1. The van der Waals surface area contributed by atoms with Gasteiger partial charge >= 0.3 is 0 Å². The van der Waals surface area contributed by atoms with E-state index in [1.165, 1.54) is 19.3 Å². The normalized spacial score (nSPS) is 19.7. The Morgan fingerprint density at radius 1 is 1.14 bits per heavy atom. The van der Waals surface area contributed by atoms with Crippen LogP contribution in [-0.2, 0) is 6.42 Å². The number of aromatic nitrogens is 1. The van der Waals surface area contributed by atoms with Crippen molar-refractivity contribution in [2.75, 3.05) is 19.6 Å². The van der Waals surface area contributed by atoms with E-state index in [9.17, 15) is 9.90 Å². The number of carbonyl (C=O) groups is 1. The molecule has 4 rings (SSSR count). The molecule has 0 bridgehead atoms. The van der Waals surface area contributed by atoms with Crippen molar-refractivity contribution in [2.45, 2.75) is 51.0 Å². The molecule has 3 heterocycles. The number of pyridine rings is 1. The number of phenols is 1. The lowest BCUT2D eigenvalue weighted by atomic mass is 9.96. The molecule has 5 nitrogen and oxygen atoms in total.